The maximum Gasteiger partial charge on any atom is 0.120 e. The number of hydrogen-bond donors (Lipinski definition) is 1. The topological polar surface area (TPSA) is 25.2 Å². The first kappa shape index (κ1) is 10.7. The summed E-state index contributed by atoms with van der Waals surface area (Å²) in [6.07, 6.45) is 5.94. The van der Waals surface area contributed by atoms with Crippen molar-refractivity contribution in [1.82, 2.24) is 5.32 Å². The van der Waals surface area contributed by atoms with Crippen LogP contribution in [0.15, 0.2) is 22.8 Å². The van der Waals surface area contributed by atoms with Crippen LogP contribution in [0.2, 0.25) is 0 Å². The molecule has 0 spiro atoms. The van der Waals surface area contributed by atoms with Gasteiger partial charge in [0.25, 0.3) is 0 Å². The standard InChI is InChI=1S/C13H21NO/c1-10-5-3-6-12(10)9-14-11(2)13-7-4-8-15-13/h4,7-8,10-12,14H,3,5-6,9H2,1-2H3. The third kappa shape index (κ3) is 2.63. The summed E-state index contributed by atoms with van der Waals surface area (Å²) in [5.74, 6) is 2.80. The molecular weight excluding hydrogens is 186 g/mol. The van der Waals surface area contributed by atoms with E-state index in [4.69, 9.17) is 4.42 Å². The zero-order valence-corrected chi connectivity index (χ0v) is 9.70. The van der Waals surface area contributed by atoms with Gasteiger partial charge in [0.15, 0.2) is 0 Å². The molecule has 0 aromatic carbocycles. The van der Waals surface area contributed by atoms with Crippen LogP contribution in [-0.2, 0) is 0 Å². The Labute approximate surface area is 92.1 Å². The largest absolute Gasteiger partial charge is 0.468 e. The Bertz CT molecular complexity index is 281. The molecule has 0 amide bonds. The van der Waals surface area contributed by atoms with Crippen LogP contribution in [0.5, 0.6) is 0 Å². The van der Waals surface area contributed by atoms with Gasteiger partial charge in [-0.1, -0.05) is 19.8 Å². The Kier molecular flexibility index (Phi) is 3.47. The highest BCUT2D eigenvalue weighted by molar-refractivity contribution is 5.02. The van der Waals surface area contributed by atoms with Gasteiger partial charge in [0, 0.05) is 0 Å². The molecule has 0 radical (unpaired) electrons. The van der Waals surface area contributed by atoms with Crippen molar-refractivity contribution in [3.8, 4) is 0 Å². The second-order valence-electron chi connectivity index (χ2n) is 4.81. The van der Waals surface area contributed by atoms with Crippen molar-refractivity contribution < 1.29 is 4.42 Å². The lowest BCUT2D eigenvalue weighted by Crippen LogP contribution is -2.26. The molecule has 1 saturated carbocycles. The summed E-state index contributed by atoms with van der Waals surface area (Å²) in [4.78, 5) is 0. The molecule has 2 nitrogen and oxygen atoms in total. The molecule has 84 valence electrons. The highest BCUT2D eigenvalue weighted by Gasteiger charge is 2.23. The minimum absolute atomic E-state index is 0.341. The van der Waals surface area contributed by atoms with E-state index < -0.39 is 0 Å². The van der Waals surface area contributed by atoms with Crippen molar-refractivity contribution >= 4 is 0 Å². The fourth-order valence-corrected chi connectivity index (χ4v) is 2.49. The number of rotatable bonds is 4. The molecule has 1 fully saturated rings. The SMILES string of the molecule is CC(NCC1CCCC1C)c1ccco1. The quantitative estimate of drug-likeness (QED) is 0.819. The van der Waals surface area contributed by atoms with Gasteiger partial charge in [0.05, 0.1) is 12.3 Å². The van der Waals surface area contributed by atoms with E-state index in [0.717, 1.165) is 24.1 Å². The smallest absolute Gasteiger partial charge is 0.120 e. The van der Waals surface area contributed by atoms with Crippen LogP contribution in [0.4, 0.5) is 0 Å². The van der Waals surface area contributed by atoms with Crippen LogP contribution in [0.3, 0.4) is 0 Å². The van der Waals surface area contributed by atoms with Crippen LogP contribution in [0, 0.1) is 11.8 Å². The summed E-state index contributed by atoms with van der Waals surface area (Å²) in [7, 11) is 0. The Morgan fingerprint density at radius 1 is 1.53 bits per heavy atom. The van der Waals surface area contributed by atoms with Crippen molar-refractivity contribution in [2.24, 2.45) is 11.8 Å². The molecule has 1 aliphatic carbocycles. The Morgan fingerprint density at radius 2 is 2.40 bits per heavy atom. The van der Waals surface area contributed by atoms with E-state index in [1.54, 1.807) is 6.26 Å². The van der Waals surface area contributed by atoms with E-state index in [2.05, 4.69) is 19.2 Å². The van der Waals surface area contributed by atoms with Gasteiger partial charge in [-0.3, -0.25) is 0 Å². The zero-order valence-electron chi connectivity index (χ0n) is 9.70. The minimum atomic E-state index is 0.341. The predicted octanol–water partition coefficient (Wildman–Crippen LogP) is 3.37. The highest BCUT2D eigenvalue weighted by Crippen LogP contribution is 2.30. The van der Waals surface area contributed by atoms with Crippen LogP contribution in [0.1, 0.15) is 44.9 Å². The lowest BCUT2D eigenvalue weighted by molar-refractivity contribution is 0.353. The zero-order chi connectivity index (χ0) is 10.7. The monoisotopic (exact) mass is 207 g/mol. The summed E-state index contributed by atoms with van der Waals surface area (Å²) in [6, 6.07) is 4.33. The fraction of sp³-hybridized carbons (Fsp3) is 0.692. The molecule has 1 N–H and O–H groups in total. The molecule has 1 aromatic heterocycles. The van der Waals surface area contributed by atoms with E-state index in [9.17, 15) is 0 Å². The second kappa shape index (κ2) is 4.84. The normalized spacial score (nSPS) is 28.1. The van der Waals surface area contributed by atoms with Gasteiger partial charge in [-0.25, -0.2) is 0 Å². The molecule has 3 atom stereocenters. The average molecular weight is 207 g/mol. The molecule has 2 heteroatoms. The van der Waals surface area contributed by atoms with E-state index in [1.807, 2.05) is 12.1 Å². The number of hydrogen-bond acceptors (Lipinski definition) is 2. The van der Waals surface area contributed by atoms with Gasteiger partial charge in [-0.2, -0.15) is 0 Å². The molecular formula is C13H21NO. The third-order valence-corrected chi connectivity index (χ3v) is 3.70. The Hall–Kier alpha value is -0.760. The molecule has 3 unspecified atom stereocenters. The molecule has 0 aliphatic heterocycles. The van der Waals surface area contributed by atoms with Crippen LogP contribution < -0.4 is 5.32 Å². The van der Waals surface area contributed by atoms with Crippen molar-refractivity contribution in [2.45, 2.75) is 39.2 Å². The van der Waals surface area contributed by atoms with Crippen molar-refractivity contribution in [3.63, 3.8) is 0 Å². The van der Waals surface area contributed by atoms with Gasteiger partial charge >= 0.3 is 0 Å². The Morgan fingerprint density at radius 3 is 3.00 bits per heavy atom. The molecule has 1 aromatic rings. The molecule has 0 bridgehead atoms. The van der Waals surface area contributed by atoms with Crippen molar-refractivity contribution in [2.75, 3.05) is 6.54 Å². The summed E-state index contributed by atoms with van der Waals surface area (Å²) in [5.41, 5.74) is 0. The first-order valence-electron chi connectivity index (χ1n) is 6.04. The van der Waals surface area contributed by atoms with Crippen LogP contribution >= 0.6 is 0 Å². The van der Waals surface area contributed by atoms with Crippen LogP contribution in [-0.4, -0.2) is 6.54 Å². The summed E-state index contributed by atoms with van der Waals surface area (Å²) < 4.78 is 5.37. The molecule has 2 rings (SSSR count). The van der Waals surface area contributed by atoms with Gasteiger partial charge in [-0.15, -0.1) is 0 Å². The first-order valence-corrected chi connectivity index (χ1v) is 6.04. The Balaban J connectivity index is 1.78. The first-order chi connectivity index (χ1) is 7.27. The fourth-order valence-electron chi connectivity index (χ4n) is 2.49. The lowest BCUT2D eigenvalue weighted by Gasteiger charge is -2.18. The van der Waals surface area contributed by atoms with E-state index in [1.165, 1.54) is 19.3 Å². The maximum atomic E-state index is 5.37. The second-order valence-corrected chi connectivity index (χ2v) is 4.81. The van der Waals surface area contributed by atoms with Gasteiger partial charge in [-0.05, 0) is 43.9 Å². The van der Waals surface area contributed by atoms with Crippen molar-refractivity contribution in [1.29, 1.82) is 0 Å². The molecule has 1 heterocycles. The molecule has 0 saturated heterocycles. The van der Waals surface area contributed by atoms with Crippen molar-refractivity contribution in [3.05, 3.63) is 24.2 Å². The van der Waals surface area contributed by atoms with E-state index in [0.29, 0.717) is 6.04 Å². The lowest BCUT2D eigenvalue weighted by atomic mass is 9.98. The van der Waals surface area contributed by atoms with E-state index >= 15 is 0 Å². The van der Waals surface area contributed by atoms with Gasteiger partial charge in [0.2, 0.25) is 0 Å². The number of nitrogens with one attached hydrogen (secondary N) is 1. The summed E-state index contributed by atoms with van der Waals surface area (Å²) in [5, 5.41) is 3.56. The van der Waals surface area contributed by atoms with Crippen LogP contribution in [0.25, 0.3) is 0 Å². The minimum Gasteiger partial charge on any atom is -0.468 e. The van der Waals surface area contributed by atoms with Gasteiger partial charge < -0.3 is 9.73 Å². The average Bonchev–Trinajstić information content (AvgIpc) is 2.85. The maximum absolute atomic E-state index is 5.37. The highest BCUT2D eigenvalue weighted by atomic mass is 16.3. The molecule has 1 aliphatic rings. The number of furan rings is 1. The third-order valence-electron chi connectivity index (χ3n) is 3.70. The van der Waals surface area contributed by atoms with E-state index in [-0.39, 0.29) is 0 Å². The molecule has 15 heavy (non-hydrogen) atoms. The summed E-state index contributed by atoms with van der Waals surface area (Å²) in [6.45, 7) is 5.67. The predicted molar refractivity (Wildman–Crippen MR) is 61.6 cm³/mol. The summed E-state index contributed by atoms with van der Waals surface area (Å²) >= 11 is 0. The van der Waals surface area contributed by atoms with Gasteiger partial charge in [0.1, 0.15) is 5.76 Å².